The van der Waals surface area contributed by atoms with E-state index in [1.165, 1.54) is 23.0 Å². The lowest BCUT2D eigenvalue weighted by Gasteiger charge is -2.34. The third kappa shape index (κ3) is 5.34. The SMILES string of the molecule is CCCCNC(=O)N(O)[C@H]1N(/N=C\c2cc(Br)ccc2O)C(=S)SC1(C)C. The number of carbonyl (C=O) groups is 1. The van der Waals surface area contributed by atoms with E-state index in [0.29, 0.717) is 21.5 Å². The van der Waals surface area contributed by atoms with E-state index in [1.807, 2.05) is 20.8 Å². The number of phenolic OH excluding ortho intramolecular Hbond substituents is 1. The average Bonchev–Trinajstić information content (AvgIpc) is 2.83. The maximum atomic E-state index is 12.3. The highest BCUT2D eigenvalue weighted by molar-refractivity contribution is 9.10. The lowest BCUT2D eigenvalue weighted by molar-refractivity contribution is -0.118. The van der Waals surface area contributed by atoms with Crippen LogP contribution in [-0.2, 0) is 0 Å². The van der Waals surface area contributed by atoms with E-state index in [9.17, 15) is 15.1 Å². The van der Waals surface area contributed by atoms with Gasteiger partial charge in [-0.25, -0.2) is 9.80 Å². The van der Waals surface area contributed by atoms with Crippen molar-refractivity contribution in [3.8, 4) is 5.75 Å². The minimum atomic E-state index is -0.790. The fraction of sp³-hybridized carbons (Fsp3) is 0.471. The molecule has 10 heteroatoms. The molecule has 1 aromatic rings. The molecule has 2 rings (SSSR count). The Balaban J connectivity index is 2.24. The zero-order chi connectivity index (χ0) is 20.2. The third-order valence-corrected chi connectivity index (χ3v) is 5.98. The number of hydrazone groups is 1. The first-order valence-corrected chi connectivity index (χ1v) is 10.5. The van der Waals surface area contributed by atoms with Gasteiger partial charge in [0.1, 0.15) is 5.75 Å². The van der Waals surface area contributed by atoms with E-state index in [2.05, 4.69) is 26.3 Å². The van der Waals surface area contributed by atoms with Gasteiger partial charge in [0.05, 0.1) is 11.0 Å². The molecule has 27 heavy (non-hydrogen) atoms. The van der Waals surface area contributed by atoms with Gasteiger partial charge >= 0.3 is 6.03 Å². The van der Waals surface area contributed by atoms with Gasteiger partial charge in [-0.15, -0.1) is 0 Å². The number of phenols is 1. The Hall–Kier alpha value is -1.36. The lowest BCUT2D eigenvalue weighted by atomic mass is 10.1. The maximum absolute atomic E-state index is 12.3. The average molecular weight is 475 g/mol. The first-order valence-electron chi connectivity index (χ1n) is 8.48. The van der Waals surface area contributed by atoms with Crippen LogP contribution in [-0.4, -0.2) is 54.4 Å². The van der Waals surface area contributed by atoms with Crippen LogP contribution in [0.25, 0.3) is 0 Å². The topological polar surface area (TPSA) is 88.4 Å². The Morgan fingerprint density at radius 1 is 1.56 bits per heavy atom. The minimum absolute atomic E-state index is 0.0636. The molecule has 1 atom stereocenters. The van der Waals surface area contributed by atoms with Crippen molar-refractivity contribution in [2.24, 2.45) is 5.10 Å². The van der Waals surface area contributed by atoms with Crippen molar-refractivity contribution in [2.45, 2.75) is 44.5 Å². The molecule has 0 aliphatic carbocycles. The van der Waals surface area contributed by atoms with Crippen molar-refractivity contribution in [3.05, 3.63) is 28.2 Å². The number of aromatic hydroxyl groups is 1. The summed E-state index contributed by atoms with van der Waals surface area (Å²) < 4.78 is 0.636. The van der Waals surface area contributed by atoms with E-state index in [-0.39, 0.29) is 5.75 Å². The summed E-state index contributed by atoms with van der Waals surface area (Å²) in [7, 11) is 0. The van der Waals surface area contributed by atoms with Gasteiger partial charge in [0, 0.05) is 16.6 Å². The number of rotatable bonds is 6. The zero-order valence-corrected chi connectivity index (χ0v) is 18.6. The predicted octanol–water partition coefficient (Wildman–Crippen LogP) is 4.13. The van der Waals surface area contributed by atoms with Crippen LogP contribution in [0.3, 0.4) is 0 Å². The second-order valence-corrected chi connectivity index (χ2v) is 9.77. The number of nitrogens with one attached hydrogen (secondary N) is 1. The Bertz CT molecular complexity index is 745. The second-order valence-electron chi connectivity index (χ2n) is 6.57. The van der Waals surface area contributed by atoms with Crippen molar-refractivity contribution >= 4 is 56.5 Å². The standard InChI is InChI=1S/C17H23BrN4O3S2/c1-4-5-8-19-15(24)22(25)14-17(2,3)27-16(26)21(14)20-10-11-9-12(18)6-7-13(11)23/h6-7,9-10,14,23,25H,4-5,8H2,1-3H3,(H,19,24)/b20-10-/t14-/m1/s1. The summed E-state index contributed by atoms with van der Waals surface area (Å²) >= 11 is 10.1. The predicted molar refractivity (Wildman–Crippen MR) is 115 cm³/mol. The van der Waals surface area contributed by atoms with E-state index < -0.39 is 16.9 Å². The molecule has 1 aliphatic rings. The molecular weight excluding hydrogens is 452 g/mol. The van der Waals surface area contributed by atoms with E-state index in [4.69, 9.17) is 12.2 Å². The van der Waals surface area contributed by atoms with Crippen LogP contribution in [0.1, 0.15) is 39.2 Å². The summed E-state index contributed by atoms with van der Waals surface area (Å²) in [6.07, 6.45) is 2.42. The molecular formula is C17H23BrN4O3S2. The van der Waals surface area contributed by atoms with Gasteiger partial charge in [-0.2, -0.15) is 10.2 Å². The van der Waals surface area contributed by atoms with Crippen LogP contribution in [0.15, 0.2) is 27.8 Å². The Kier molecular flexibility index (Phi) is 7.49. The Morgan fingerprint density at radius 3 is 2.93 bits per heavy atom. The summed E-state index contributed by atoms with van der Waals surface area (Å²) in [5.41, 5.74) is 0.484. The largest absolute Gasteiger partial charge is 0.507 e. The molecule has 148 valence electrons. The number of carbonyl (C=O) groups excluding carboxylic acids is 1. The highest BCUT2D eigenvalue weighted by Crippen LogP contribution is 2.42. The second kappa shape index (κ2) is 9.22. The Morgan fingerprint density at radius 2 is 2.26 bits per heavy atom. The van der Waals surface area contributed by atoms with Crippen LogP contribution >= 0.6 is 39.9 Å². The zero-order valence-electron chi connectivity index (χ0n) is 15.3. The summed E-state index contributed by atoms with van der Waals surface area (Å²) in [6.45, 7) is 6.25. The smallest absolute Gasteiger partial charge is 0.343 e. The molecule has 0 bridgehead atoms. The first kappa shape index (κ1) is 21.9. The van der Waals surface area contributed by atoms with Gasteiger partial charge in [0.15, 0.2) is 10.5 Å². The monoisotopic (exact) mass is 474 g/mol. The number of hydroxylamine groups is 2. The molecule has 1 heterocycles. The number of hydrogen-bond acceptors (Lipinski definition) is 6. The number of benzene rings is 1. The first-order chi connectivity index (χ1) is 12.7. The molecule has 1 aliphatic heterocycles. The number of halogens is 1. The summed E-state index contributed by atoms with van der Waals surface area (Å²) in [6, 6.07) is 4.37. The molecule has 1 fully saturated rings. The number of unbranched alkanes of at least 4 members (excludes halogenated alkanes) is 1. The molecule has 0 saturated carbocycles. The molecule has 2 amide bonds. The van der Waals surface area contributed by atoms with Gasteiger partial charge in [-0.05, 0) is 38.5 Å². The molecule has 1 aromatic carbocycles. The molecule has 0 aromatic heterocycles. The highest BCUT2D eigenvalue weighted by atomic mass is 79.9. The normalized spacial score (nSPS) is 18.9. The van der Waals surface area contributed by atoms with E-state index in [1.54, 1.807) is 18.2 Å². The number of hydrogen-bond donors (Lipinski definition) is 3. The quantitative estimate of drug-likeness (QED) is 0.189. The van der Waals surface area contributed by atoms with Crippen molar-refractivity contribution in [2.75, 3.05) is 6.54 Å². The van der Waals surface area contributed by atoms with Gasteiger partial charge in [-0.1, -0.05) is 53.3 Å². The van der Waals surface area contributed by atoms with E-state index >= 15 is 0 Å². The van der Waals surface area contributed by atoms with Crippen molar-refractivity contribution in [1.82, 2.24) is 15.4 Å². The fourth-order valence-corrected chi connectivity index (χ4v) is 4.71. The van der Waals surface area contributed by atoms with Crippen LogP contribution in [0.4, 0.5) is 4.79 Å². The number of nitrogens with zero attached hydrogens (tertiary/aromatic N) is 3. The molecule has 0 radical (unpaired) electrons. The number of urea groups is 1. The van der Waals surface area contributed by atoms with Crippen LogP contribution in [0, 0.1) is 0 Å². The van der Waals surface area contributed by atoms with Gasteiger partial charge in [0.2, 0.25) is 0 Å². The van der Waals surface area contributed by atoms with Crippen molar-refractivity contribution in [1.29, 1.82) is 0 Å². The van der Waals surface area contributed by atoms with Crippen molar-refractivity contribution < 1.29 is 15.1 Å². The minimum Gasteiger partial charge on any atom is -0.507 e. The molecule has 1 saturated heterocycles. The summed E-state index contributed by atoms with van der Waals surface area (Å²) in [4.78, 5) is 12.3. The number of thioether (sulfide) groups is 1. The van der Waals surface area contributed by atoms with Crippen LogP contribution in [0.2, 0.25) is 0 Å². The van der Waals surface area contributed by atoms with Crippen LogP contribution in [0.5, 0.6) is 5.75 Å². The van der Waals surface area contributed by atoms with Crippen molar-refractivity contribution in [3.63, 3.8) is 0 Å². The molecule has 0 unspecified atom stereocenters. The van der Waals surface area contributed by atoms with E-state index in [0.717, 1.165) is 17.3 Å². The van der Waals surface area contributed by atoms with Gasteiger partial charge in [0.25, 0.3) is 0 Å². The summed E-state index contributed by atoms with van der Waals surface area (Å²) in [5.74, 6) is 0.0636. The molecule has 3 N–H and O–H groups in total. The third-order valence-electron chi connectivity index (χ3n) is 3.95. The maximum Gasteiger partial charge on any atom is 0.343 e. The lowest BCUT2D eigenvalue weighted by Crippen LogP contribution is -2.55. The number of amides is 2. The molecule has 0 spiro atoms. The van der Waals surface area contributed by atoms with Gasteiger partial charge < -0.3 is 10.4 Å². The fourth-order valence-electron chi connectivity index (χ4n) is 2.54. The van der Waals surface area contributed by atoms with Gasteiger partial charge in [-0.3, -0.25) is 5.21 Å². The highest BCUT2D eigenvalue weighted by Gasteiger charge is 2.49. The Labute approximate surface area is 176 Å². The molecule has 7 nitrogen and oxygen atoms in total. The van der Waals surface area contributed by atoms with Crippen LogP contribution < -0.4 is 5.32 Å². The summed E-state index contributed by atoms with van der Waals surface area (Å²) in [5, 5.41) is 29.6. The number of thiocarbonyl (C=S) groups is 1.